The van der Waals surface area contributed by atoms with Crippen LogP contribution in [-0.4, -0.2) is 5.91 Å². The van der Waals surface area contributed by atoms with Crippen LogP contribution in [0.15, 0.2) is 92.5 Å². The first-order valence-corrected chi connectivity index (χ1v) is 11.2. The molecule has 0 aromatic heterocycles. The molecule has 150 valence electrons. The van der Waals surface area contributed by atoms with E-state index < -0.39 is 0 Å². The monoisotopic (exact) mass is 470 g/mol. The highest BCUT2D eigenvalue weighted by atomic mass is 35.5. The number of aryl methyl sites for hydroxylation is 1. The number of nitrogens with one attached hydrogen (secondary N) is 1. The molecule has 0 saturated carbocycles. The molecule has 3 nitrogen and oxygen atoms in total. The Morgan fingerprint density at radius 3 is 1.83 bits per heavy atom. The van der Waals surface area contributed by atoms with E-state index in [2.05, 4.69) is 11.4 Å². The fourth-order valence-electron chi connectivity index (χ4n) is 2.48. The largest absolute Gasteiger partial charge is 0.312 e. The van der Waals surface area contributed by atoms with Crippen LogP contribution in [0.2, 0.25) is 10.0 Å². The first-order valence-electron chi connectivity index (χ1n) is 8.84. The molecule has 0 atom stereocenters. The summed E-state index contributed by atoms with van der Waals surface area (Å²) >= 11 is 14.7. The molecule has 0 radical (unpaired) electrons. The minimum atomic E-state index is -0.324. The molecule has 3 aromatic carbocycles. The van der Waals surface area contributed by atoms with Gasteiger partial charge in [0.15, 0.2) is 0 Å². The van der Waals surface area contributed by atoms with Gasteiger partial charge in [-0.15, -0.1) is 0 Å². The van der Waals surface area contributed by atoms with Crippen molar-refractivity contribution in [2.45, 2.75) is 16.7 Å². The molecular weight excluding hydrogens is 455 g/mol. The summed E-state index contributed by atoms with van der Waals surface area (Å²) in [4.78, 5) is 14.6. The second-order valence-corrected chi connectivity index (χ2v) is 9.45. The molecule has 0 fully saturated rings. The number of allylic oxidation sites excluding steroid dienone is 1. The van der Waals surface area contributed by atoms with Gasteiger partial charge < -0.3 is 5.32 Å². The minimum absolute atomic E-state index is 0.183. The number of thioether (sulfide) groups is 2. The molecule has 7 heteroatoms. The predicted octanol–water partition coefficient (Wildman–Crippen LogP) is 7.31. The van der Waals surface area contributed by atoms with E-state index in [-0.39, 0.29) is 11.6 Å². The van der Waals surface area contributed by atoms with Crippen molar-refractivity contribution in [2.24, 2.45) is 0 Å². The van der Waals surface area contributed by atoms with Crippen LogP contribution in [-0.2, 0) is 0 Å². The zero-order chi connectivity index (χ0) is 21.5. The average molecular weight is 471 g/mol. The van der Waals surface area contributed by atoms with Crippen LogP contribution >= 0.6 is 46.7 Å². The van der Waals surface area contributed by atoms with E-state index in [0.717, 1.165) is 15.4 Å². The summed E-state index contributed by atoms with van der Waals surface area (Å²) in [5, 5.41) is 13.8. The molecule has 3 rings (SSSR count). The van der Waals surface area contributed by atoms with E-state index in [1.165, 1.54) is 23.5 Å². The van der Waals surface area contributed by atoms with Crippen LogP contribution in [0, 0.1) is 18.3 Å². The highest BCUT2D eigenvalue weighted by molar-refractivity contribution is 8.22. The second-order valence-electron chi connectivity index (χ2n) is 6.16. The number of carbonyl (C=O) groups excluding carboxylic acids is 1. The summed E-state index contributed by atoms with van der Waals surface area (Å²) in [6.45, 7) is 1.86. The van der Waals surface area contributed by atoms with Gasteiger partial charge in [-0.3, -0.25) is 4.79 Å². The molecule has 0 aliphatic carbocycles. The summed E-state index contributed by atoms with van der Waals surface area (Å²) in [5.74, 6) is -0.324. The Hall–Kier alpha value is -2.36. The molecule has 0 saturated heterocycles. The number of hydrogen-bond acceptors (Lipinski definition) is 4. The third-order valence-corrected chi connectivity index (χ3v) is 6.79. The molecule has 0 unspecified atom stereocenters. The quantitative estimate of drug-likeness (QED) is 0.303. The third-order valence-electron chi connectivity index (χ3n) is 3.99. The SMILES string of the molecule is Cc1ccccc1C(=O)NC(C#N)=C(Sc1ccc(Cl)cc1)Sc1ccc(Cl)cc1. The lowest BCUT2D eigenvalue weighted by Crippen LogP contribution is -2.23. The third kappa shape index (κ3) is 6.07. The molecule has 1 amide bonds. The molecule has 0 aliphatic heterocycles. The number of nitriles is 1. The van der Waals surface area contributed by atoms with Crippen molar-refractivity contribution in [3.05, 3.63) is 104 Å². The normalized spacial score (nSPS) is 10.2. The van der Waals surface area contributed by atoms with Crippen LogP contribution in [0.3, 0.4) is 0 Å². The highest BCUT2D eigenvalue weighted by Gasteiger charge is 2.16. The maximum atomic E-state index is 12.8. The summed E-state index contributed by atoms with van der Waals surface area (Å²) in [7, 11) is 0. The number of rotatable bonds is 6. The predicted molar refractivity (Wildman–Crippen MR) is 126 cm³/mol. The molecule has 0 bridgehead atoms. The highest BCUT2D eigenvalue weighted by Crippen LogP contribution is 2.41. The Morgan fingerprint density at radius 2 is 1.37 bits per heavy atom. The lowest BCUT2D eigenvalue weighted by Gasteiger charge is -2.12. The van der Waals surface area contributed by atoms with Crippen LogP contribution in [0.25, 0.3) is 0 Å². The zero-order valence-corrected chi connectivity index (χ0v) is 19.0. The van der Waals surface area contributed by atoms with E-state index in [1.54, 1.807) is 36.4 Å². The smallest absolute Gasteiger partial charge is 0.256 e. The van der Waals surface area contributed by atoms with Crippen LogP contribution in [0.4, 0.5) is 0 Å². The lowest BCUT2D eigenvalue weighted by atomic mass is 10.1. The average Bonchev–Trinajstić information content (AvgIpc) is 2.75. The number of halogens is 2. The Morgan fingerprint density at radius 1 is 0.867 bits per heavy atom. The molecule has 1 N–H and O–H groups in total. The lowest BCUT2D eigenvalue weighted by molar-refractivity contribution is 0.0967. The number of nitrogens with zero attached hydrogens (tertiary/aromatic N) is 1. The minimum Gasteiger partial charge on any atom is -0.312 e. The fraction of sp³-hybridized carbons (Fsp3) is 0.0435. The van der Waals surface area contributed by atoms with Crippen LogP contribution in [0.5, 0.6) is 0 Å². The second kappa shape index (κ2) is 10.6. The van der Waals surface area contributed by atoms with Crippen molar-refractivity contribution in [1.82, 2.24) is 5.32 Å². The van der Waals surface area contributed by atoms with Gasteiger partial charge in [-0.2, -0.15) is 5.26 Å². The van der Waals surface area contributed by atoms with E-state index >= 15 is 0 Å². The first-order chi connectivity index (χ1) is 14.5. The number of amides is 1. The first kappa shape index (κ1) is 22.3. The van der Waals surface area contributed by atoms with Crippen molar-refractivity contribution < 1.29 is 4.79 Å². The van der Waals surface area contributed by atoms with E-state index in [4.69, 9.17) is 23.2 Å². The summed E-state index contributed by atoms with van der Waals surface area (Å²) in [6.07, 6.45) is 0. The maximum absolute atomic E-state index is 12.8. The summed E-state index contributed by atoms with van der Waals surface area (Å²) in [5.41, 5.74) is 1.55. The van der Waals surface area contributed by atoms with Gasteiger partial charge in [0, 0.05) is 25.4 Å². The fourth-order valence-corrected chi connectivity index (χ4v) is 4.84. The van der Waals surface area contributed by atoms with E-state index in [9.17, 15) is 10.1 Å². The number of hydrogen-bond donors (Lipinski definition) is 1. The van der Waals surface area contributed by atoms with Gasteiger partial charge in [-0.25, -0.2) is 0 Å². The van der Waals surface area contributed by atoms with E-state index in [1.807, 2.05) is 43.3 Å². The summed E-state index contributed by atoms with van der Waals surface area (Å²) in [6, 6.07) is 24.0. The topological polar surface area (TPSA) is 52.9 Å². The molecule has 0 heterocycles. The molecule has 0 aliphatic rings. The van der Waals surface area contributed by atoms with Gasteiger partial charge in [0.2, 0.25) is 0 Å². The Labute approximate surface area is 194 Å². The summed E-state index contributed by atoms with van der Waals surface area (Å²) < 4.78 is 0.643. The maximum Gasteiger partial charge on any atom is 0.256 e. The molecule has 3 aromatic rings. The Balaban J connectivity index is 1.95. The number of carbonyl (C=O) groups is 1. The van der Waals surface area contributed by atoms with E-state index in [0.29, 0.717) is 19.8 Å². The van der Waals surface area contributed by atoms with Gasteiger partial charge in [-0.1, -0.05) is 64.9 Å². The van der Waals surface area contributed by atoms with Crippen molar-refractivity contribution in [2.75, 3.05) is 0 Å². The van der Waals surface area contributed by atoms with Gasteiger partial charge in [-0.05, 0) is 67.1 Å². The molecule has 0 spiro atoms. The Kier molecular flexibility index (Phi) is 7.89. The van der Waals surface area contributed by atoms with Gasteiger partial charge in [0.05, 0.1) is 4.24 Å². The van der Waals surface area contributed by atoms with Gasteiger partial charge in [0.25, 0.3) is 5.91 Å². The van der Waals surface area contributed by atoms with Crippen molar-refractivity contribution in [3.8, 4) is 6.07 Å². The van der Waals surface area contributed by atoms with Crippen LogP contribution < -0.4 is 5.32 Å². The molecule has 30 heavy (non-hydrogen) atoms. The van der Waals surface area contributed by atoms with Crippen molar-refractivity contribution >= 4 is 52.6 Å². The number of benzene rings is 3. The van der Waals surface area contributed by atoms with Gasteiger partial charge in [0.1, 0.15) is 11.8 Å². The van der Waals surface area contributed by atoms with Crippen LogP contribution in [0.1, 0.15) is 15.9 Å². The standard InChI is InChI=1S/C23H16Cl2N2OS2/c1-15-4-2-3-5-20(15)22(28)27-21(14-26)23(29-18-10-6-16(24)7-11-18)30-19-12-8-17(25)9-13-19/h2-13H,1H3,(H,27,28). The van der Waals surface area contributed by atoms with Crippen molar-refractivity contribution in [3.63, 3.8) is 0 Å². The Bertz CT molecular complexity index is 1070. The molecular formula is C23H16Cl2N2OS2. The van der Waals surface area contributed by atoms with Crippen molar-refractivity contribution in [1.29, 1.82) is 5.26 Å². The zero-order valence-electron chi connectivity index (χ0n) is 15.9. The van der Waals surface area contributed by atoms with Gasteiger partial charge >= 0.3 is 0 Å².